The van der Waals surface area contributed by atoms with Crippen LogP contribution in [0.5, 0.6) is 0 Å². The smallest absolute Gasteiger partial charge is 0.280 e. The minimum atomic E-state index is -0.844. The highest BCUT2D eigenvalue weighted by Gasteiger charge is 2.05. The second-order valence-corrected chi connectivity index (χ2v) is 3.06. The molecule has 0 saturated carbocycles. The van der Waals surface area contributed by atoms with Gasteiger partial charge >= 0.3 is 0 Å². The molecule has 5 heteroatoms. The molecular weight excluding hydrogens is 204 g/mol. The maximum Gasteiger partial charge on any atom is 0.280 e. The molecule has 1 amide bonds. The molecule has 0 aliphatic rings. The Morgan fingerprint density at radius 3 is 2.81 bits per heavy atom. The zero-order valence-corrected chi connectivity index (χ0v) is 8.90. The lowest BCUT2D eigenvalue weighted by Crippen LogP contribution is -2.22. The van der Waals surface area contributed by atoms with E-state index < -0.39 is 5.91 Å². The quantitative estimate of drug-likeness (QED) is 0.581. The van der Waals surface area contributed by atoms with Crippen molar-refractivity contribution in [1.82, 2.24) is 0 Å². The van der Waals surface area contributed by atoms with Crippen molar-refractivity contribution in [2.75, 3.05) is 5.43 Å². The van der Waals surface area contributed by atoms with E-state index in [-0.39, 0.29) is 5.71 Å². The van der Waals surface area contributed by atoms with Gasteiger partial charge in [0.2, 0.25) is 5.71 Å². The number of hydrogen-bond donors (Lipinski definition) is 2. The molecule has 0 atom stereocenters. The fourth-order valence-electron chi connectivity index (χ4n) is 1.19. The van der Waals surface area contributed by atoms with Crippen LogP contribution in [0.4, 0.5) is 5.69 Å². The van der Waals surface area contributed by atoms with Crippen molar-refractivity contribution >= 4 is 17.3 Å². The standard InChI is InChI=1S/C11H12N4O/c1-2-8-5-3-4-6-9(8)14-15-10(7-12)11(13)16/h3-6,14H,2H2,1H3,(H2,13,16)/b15-10+. The number of rotatable bonds is 4. The molecule has 1 aromatic carbocycles. The SMILES string of the molecule is CCc1ccccc1N/N=C(\C#N)C(N)=O. The van der Waals surface area contributed by atoms with Crippen molar-refractivity contribution in [3.05, 3.63) is 29.8 Å². The molecule has 0 saturated heterocycles. The largest absolute Gasteiger partial charge is 0.364 e. The number of nitrogens with two attached hydrogens (primary N) is 1. The average molecular weight is 216 g/mol. The Balaban J connectivity index is 2.89. The Labute approximate surface area is 93.6 Å². The summed E-state index contributed by atoms with van der Waals surface area (Å²) in [5, 5.41) is 12.2. The molecule has 16 heavy (non-hydrogen) atoms. The zero-order valence-electron chi connectivity index (χ0n) is 8.90. The number of anilines is 1. The van der Waals surface area contributed by atoms with E-state index in [1.54, 1.807) is 6.07 Å². The summed E-state index contributed by atoms with van der Waals surface area (Å²) < 4.78 is 0. The van der Waals surface area contributed by atoms with Crippen LogP contribution in [0.25, 0.3) is 0 Å². The first-order chi connectivity index (χ1) is 7.69. The van der Waals surface area contributed by atoms with Gasteiger partial charge in [-0.05, 0) is 18.1 Å². The minimum Gasteiger partial charge on any atom is -0.364 e. The van der Waals surface area contributed by atoms with E-state index in [1.165, 1.54) is 0 Å². The Kier molecular flexibility index (Phi) is 4.04. The lowest BCUT2D eigenvalue weighted by atomic mass is 10.1. The van der Waals surface area contributed by atoms with E-state index in [2.05, 4.69) is 10.5 Å². The summed E-state index contributed by atoms with van der Waals surface area (Å²) in [6, 6.07) is 9.13. The van der Waals surface area contributed by atoms with E-state index in [4.69, 9.17) is 11.0 Å². The van der Waals surface area contributed by atoms with Gasteiger partial charge in [-0.1, -0.05) is 25.1 Å². The summed E-state index contributed by atoms with van der Waals surface area (Å²) in [5.41, 5.74) is 9.08. The molecular formula is C11H12N4O. The molecule has 1 rings (SSSR count). The lowest BCUT2D eigenvalue weighted by Gasteiger charge is -2.05. The van der Waals surface area contributed by atoms with Crippen LogP contribution in [0, 0.1) is 11.3 Å². The van der Waals surface area contributed by atoms with Crippen molar-refractivity contribution in [3.8, 4) is 6.07 Å². The van der Waals surface area contributed by atoms with Gasteiger partial charge in [0.05, 0.1) is 5.69 Å². The van der Waals surface area contributed by atoms with Gasteiger partial charge in [0.1, 0.15) is 6.07 Å². The van der Waals surface area contributed by atoms with Crippen LogP contribution in [0.15, 0.2) is 29.4 Å². The number of benzene rings is 1. The number of hydrogen-bond acceptors (Lipinski definition) is 4. The molecule has 82 valence electrons. The number of nitrogens with one attached hydrogen (secondary N) is 1. The van der Waals surface area contributed by atoms with Crippen LogP contribution in [0.2, 0.25) is 0 Å². The summed E-state index contributed by atoms with van der Waals surface area (Å²) >= 11 is 0. The summed E-state index contributed by atoms with van der Waals surface area (Å²) in [7, 11) is 0. The van der Waals surface area contributed by atoms with Crippen LogP contribution in [0.3, 0.4) is 0 Å². The van der Waals surface area contributed by atoms with E-state index >= 15 is 0 Å². The van der Waals surface area contributed by atoms with Gasteiger partial charge in [-0.2, -0.15) is 10.4 Å². The number of para-hydroxylation sites is 1. The summed E-state index contributed by atoms with van der Waals surface area (Å²) in [6.07, 6.45) is 0.831. The molecule has 0 radical (unpaired) electrons. The van der Waals surface area contributed by atoms with Crippen LogP contribution in [0.1, 0.15) is 12.5 Å². The zero-order chi connectivity index (χ0) is 12.0. The van der Waals surface area contributed by atoms with Crippen molar-refractivity contribution in [1.29, 1.82) is 5.26 Å². The second kappa shape index (κ2) is 5.51. The lowest BCUT2D eigenvalue weighted by molar-refractivity contribution is -0.111. The average Bonchev–Trinajstić information content (AvgIpc) is 2.30. The van der Waals surface area contributed by atoms with Crippen molar-refractivity contribution in [2.45, 2.75) is 13.3 Å². The molecule has 0 unspecified atom stereocenters. The van der Waals surface area contributed by atoms with Gasteiger partial charge in [-0.15, -0.1) is 0 Å². The van der Waals surface area contributed by atoms with Gasteiger partial charge in [-0.25, -0.2) is 0 Å². The van der Waals surface area contributed by atoms with E-state index in [1.807, 2.05) is 31.2 Å². The highest BCUT2D eigenvalue weighted by molar-refractivity contribution is 6.44. The van der Waals surface area contributed by atoms with Gasteiger partial charge in [0, 0.05) is 0 Å². The molecule has 0 aliphatic carbocycles. The number of nitriles is 1. The maximum absolute atomic E-state index is 10.7. The van der Waals surface area contributed by atoms with Gasteiger partial charge in [0.25, 0.3) is 5.91 Å². The summed E-state index contributed by atoms with van der Waals surface area (Å²) in [6.45, 7) is 2.00. The maximum atomic E-state index is 10.7. The van der Waals surface area contributed by atoms with E-state index in [0.29, 0.717) is 0 Å². The normalized spacial score (nSPS) is 10.6. The number of primary amides is 1. The summed E-state index contributed by atoms with van der Waals surface area (Å²) in [4.78, 5) is 10.7. The Morgan fingerprint density at radius 2 is 2.25 bits per heavy atom. The number of hydrazone groups is 1. The topological polar surface area (TPSA) is 91.3 Å². The second-order valence-electron chi connectivity index (χ2n) is 3.06. The first kappa shape index (κ1) is 11.7. The molecule has 1 aromatic rings. The summed E-state index contributed by atoms with van der Waals surface area (Å²) in [5.74, 6) is -0.844. The molecule has 0 aromatic heterocycles. The first-order valence-corrected chi connectivity index (χ1v) is 4.80. The van der Waals surface area contributed by atoms with Crippen molar-refractivity contribution < 1.29 is 4.79 Å². The predicted molar refractivity (Wildman–Crippen MR) is 61.7 cm³/mol. The van der Waals surface area contributed by atoms with E-state index in [0.717, 1.165) is 17.7 Å². The fourth-order valence-corrected chi connectivity index (χ4v) is 1.19. The van der Waals surface area contributed by atoms with Crippen LogP contribution < -0.4 is 11.2 Å². The monoisotopic (exact) mass is 216 g/mol. The Morgan fingerprint density at radius 1 is 1.56 bits per heavy atom. The fraction of sp³-hybridized carbons (Fsp3) is 0.182. The molecule has 0 aliphatic heterocycles. The number of amides is 1. The molecule has 5 nitrogen and oxygen atoms in total. The third kappa shape index (κ3) is 2.82. The molecule has 0 fully saturated rings. The highest BCUT2D eigenvalue weighted by Crippen LogP contribution is 2.15. The van der Waals surface area contributed by atoms with Gasteiger partial charge in [0.15, 0.2) is 0 Å². The minimum absolute atomic E-state index is 0.342. The van der Waals surface area contributed by atoms with E-state index in [9.17, 15) is 4.79 Å². The van der Waals surface area contributed by atoms with Crippen LogP contribution in [-0.2, 0) is 11.2 Å². The highest BCUT2D eigenvalue weighted by atomic mass is 16.1. The Bertz CT molecular complexity index is 459. The van der Waals surface area contributed by atoms with Crippen molar-refractivity contribution in [3.63, 3.8) is 0 Å². The van der Waals surface area contributed by atoms with Crippen LogP contribution >= 0.6 is 0 Å². The molecule has 0 spiro atoms. The van der Waals surface area contributed by atoms with Gasteiger partial charge < -0.3 is 5.73 Å². The van der Waals surface area contributed by atoms with Crippen LogP contribution in [-0.4, -0.2) is 11.6 Å². The molecule has 0 heterocycles. The number of nitrogens with zero attached hydrogens (tertiary/aromatic N) is 2. The third-order valence-corrected chi connectivity index (χ3v) is 2.03. The molecule has 3 N–H and O–H groups in total. The number of carbonyl (C=O) groups excluding carboxylic acids is 1. The first-order valence-electron chi connectivity index (χ1n) is 4.80. The predicted octanol–water partition coefficient (Wildman–Crippen LogP) is 1.03. The molecule has 0 bridgehead atoms. The Hall–Kier alpha value is -2.35. The number of aryl methyl sites for hydroxylation is 1. The number of carbonyl (C=O) groups is 1. The third-order valence-electron chi connectivity index (χ3n) is 2.03. The van der Waals surface area contributed by atoms with Crippen molar-refractivity contribution in [2.24, 2.45) is 10.8 Å². The van der Waals surface area contributed by atoms with Gasteiger partial charge in [-0.3, -0.25) is 10.2 Å².